The molecule has 1 aromatic heterocycles. The van der Waals surface area contributed by atoms with E-state index in [0.717, 1.165) is 14.9 Å². The number of amides is 2. The van der Waals surface area contributed by atoms with Crippen LogP contribution in [0.5, 0.6) is 5.75 Å². The van der Waals surface area contributed by atoms with Crippen LogP contribution in [0.2, 0.25) is 0 Å². The molecule has 0 bridgehead atoms. The predicted molar refractivity (Wildman–Crippen MR) is 125 cm³/mol. The molecule has 0 aliphatic carbocycles. The number of aromatic nitrogens is 1. The van der Waals surface area contributed by atoms with Gasteiger partial charge in [0.15, 0.2) is 4.34 Å². The lowest BCUT2D eigenvalue weighted by molar-refractivity contribution is -0.116. The molecular formula is C21H21N3O3S3. The van der Waals surface area contributed by atoms with Crippen LogP contribution in [0, 0.1) is 0 Å². The molecule has 3 rings (SSSR count). The predicted octanol–water partition coefficient (Wildman–Crippen LogP) is 4.79. The van der Waals surface area contributed by atoms with Crippen molar-refractivity contribution in [3.8, 4) is 5.75 Å². The van der Waals surface area contributed by atoms with Crippen molar-refractivity contribution >= 4 is 58.0 Å². The molecule has 2 N–H and O–H groups in total. The van der Waals surface area contributed by atoms with Gasteiger partial charge >= 0.3 is 0 Å². The Hall–Kier alpha value is -2.49. The molecule has 30 heavy (non-hydrogen) atoms. The van der Waals surface area contributed by atoms with E-state index in [4.69, 9.17) is 4.74 Å². The van der Waals surface area contributed by atoms with Crippen LogP contribution < -0.4 is 15.4 Å². The number of methoxy groups -OCH3 is 1. The van der Waals surface area contributed by atoms with E-state index in [0.29, 0.717) is 17.1 Å². The fraction of sp³-hybridized carbons (Fsp3) is 0.190. The van der Waals surface area contributed by atoms with Crippen molar-refractivity contribution in [3.05, 3.63) is 59.6 Å². The van der Waals surface area contributed by atoms with Crippen LogP contribution in [-0.4, -0.2) is 35.9 Å². The topological polar surface area (TPSA) is 80.3 Å². The molecule has 3 aromatic rings. The molecule has 0 fully saturated rings. The van der Waals surface area contributed by atoms with Gasteiger partial charge in [-0.1, -0.05) is 30.0 Å². The number of para-hydroxylation sites is 1. The number of thioether (sulfide) groups is 2. The average molecular weight is 460 g/mol. The van der Waals surface area contributed by atoms with Crippen LogP contribution in [0.1, 0.15) is 5.69 Å². The van der Waals surface area contributed by atoms with Crippen molar-refractivity contribution in [2.45, 2.75) is 15.7 Å². The number of carbonyl (C=O) groups excluding carboxylic acids is 2. The van der Waals surface area contributed by atoms with E-state index < -0.39 is 0 Å². The quantitative estimate of drug-likeness (QED) is 0.448. The Morgan fingerprint density at radius 3 is 2.73 bits per heavy atom. The van der Waals surface area contributed by atoms with Crippen molar-refractivity contribution in [3.63, 3.8) is 0 Å². The van der Waals surface area contributed by atoms with Crippen LogP contribution in [0.25, 0.3) is 0 Å². The minimum atomic E-state index is -0.128. The fourth-order valence-corrected chi connectivity index (χ4v) is 4.77. The number of rotatable bonds is 9. The SMILES string of the molecule is COc1cccc(NC(=O)CSc2nc(CC(=O)Nc3ccccc3SC)cs2)c1. The summed E-state index contributed by atoms with van der Waals surface area (Å²) < 4.78 is 5.90. The first-order valence-corrected chi connectivity index (χ1v) is 12.1. The second-order valence-electron chi connectivity index (χ2n) is 6.10. The summed E-state index contributed by atoms with van der Waals surface area (Å²) in [5, 5.41) is 7.61. The molecule has 0 unspecified atom stereocenters. The smallest absolute Gasteiger partial charge is 0.234 e. The Labute approximate surface area is 187 Å². The van der Waals surface area contributed by atoms with Crippen LogP contribution in [-0.2, 0) is 16.0 Å². The largest absolute Gasteiger partial charge is 0.497 e. The lowest BCUT2D eigenvalue weighted by Gasteiger charge is -2.08. The van der Waals surface area contributed by atoms with E-state index in [9.17, 15) is 9.59 Å². The monoisotopic (exact) mass is 459 g/mol. The van der Waals surface area contributed by atoms with Gasteiger partial charge in [0.1, 0.15) is 5.75 Å². The summed E-state index contributed by atoms with van der Waals surface area (Å²) in [6, 6.07) is 14.9. The molecule has 156 valence electrons. The highest BCUT2D eigenvalue weighted by atomic mass is 32.2. The first-order chi connectivity index (χ1) is 14.6. The van der Waals surface area contributed by atoms with Gasteiger partial charge in [0.2, 0.25) is 11.8 Å². The molecule has 1 heterocycles. The van der Waals surface area contributed by atoms with Gasteiger partial charge in [-0.2, -0.15) is 0 Å². The third-order valence-corrected chi connectivity index (χ3v) is 6.80. The van der Waals surface area contributed by atoms with Crippen molar-refractivity contribution in [2.24, 2.45) is 0 Å². The second-order valence-corrected chi connectivity index (χ2v) is 9.03. The Morgan fingerprint density at radius 1 is 1.10 bits per heavy atom. The third-order valence-electron chi connectivity index (χ3n) is 3.93. The second kappa shape index (κ2) is 11.1. The standard InChI is InChI=1S/C21H21N3O3S3/c1-27-16-7-5-6-14(10-16)22-20(26)13-30-21-23-15(12-29-21)11-19(25)24-17-8-3-4-9-18(17)28-2/h3-10,12H,11,13H2,1-2H3,(H,22,26)(H,24,25). The highest BCUT2D eigenvalue weighted by molar-refractivity contribution is 8.01. The highest BCUT2D eigenvalue weighted by Crippen LogP contribution is 2.26. The molecular weight excluding hydrogens is 438 g/mol. The zero-order valence-corrected chi connectivity index (χ0v) is 19.0. The van der Waals surface area contributed by atoms with Gasteiger partial charge in [0, 0.05) is 22.0 Å². The maximum absolute atomic E-state index is 12.3. The van der Waals surface area contributed by atoms with Crippen LogP contribution >= 0.6 is 34.9 Å². The lowest BCUT2D eigenvalue weighted by Crippen LogP contribution is -2.15. The highest BCUT2D eigenvalue weighted by Gasteiger charge is 2.12. The number of carbonyl (C=O) groups is 2. The number of anilines is 2. The van der Waals surface area contributed by atoms with Gasteiger partial charge in [0.05, 0.1) is 30.7 Å². The van der Waals surface area contributed by atoms with E-state index in [1.807, 2.05) is 48.0 Å². The van der Waals surface area contributed by atoms with E-state index in [1.54, 1.807) is 31.0 Å². The number of hydrogen-bond donors (Lipinski definition) is 2. The Bertz CT molecular complexity index is 1020. The van der Waals surface area contributed by atoms with Gasteiger partial charge in [-0.15, -0.1) is 23.1 Å². The van der Waals surface area contributed by atoms with Crippen LogP contribution in [0.15, 0.2) is 63.1 Å². The first-order valence-electron chi connectivity index (χ1n) is 9.01. The molecule has 6 nitrogen and oxygen atoms in total. The maximum Gasteiger partial charge on any atom is 0.234 e. The molecule has 0 saturated carbocycles. The maximum atomic E-state index is 12.3. The van der Waals surface area contributed by atoms with E-state index in [2.05, 4.69) is 15.6 Å². The Morgan fingerprint density at radius 2 is 1.93 bits per heavy atom. The summed E-state index contributed by atoms with van der Waals surface area (Å²) in [6.45, 7) is 0. The minimum absolute atomic E-state index is 0.117. The lowest BCUT2D eigenvalue weighted by atomic mass is 10.3. The summed E-state index contributed by atoms with van der Waals surface area (Å²) >= 11 is 4.36. The van der Waals surface area contributed by atoms with Crippen LogP contribution in [0.3, 0.4) is 0 Å². The summed E-state index contributed by atoms with van der Waals surface area (Å²) in [5.41, 5.74) is 2.17. The normalized spacial score (nSPS) is 10.5. The summed E-state index contributed by atoms with van der Waals surface area (Å²) in [7, 11) is 1.58. The molecule has 0 spiro atoms. The molecule has 0 aliphatic rings. The van der Waals surface area contributed by atoms with Crippen LogP contribution in [0.4, 0.5) is 11.4 Å². The zero-order chi connectivity index (χ0) is 21.3. The molecule has 2 aromatic carbocycles. The summed E-state index contributed by atoms with van der Waals surface area (Å²) in [4.78, 5) is 30.0. The van der Waals surface area contributed by atoms with E-state index in [-0.39, 0.29) is 24.0 Å². The summed E-state index contributed by atoms with van der Waals surface area (Å²) in [6.07, 6.45) is 2.16. The molecule has 0 atom stereocenters. The number of nitrogens with one attached hydrogen (secondary N) is 2. The molecule has 9 heteroatoms. The number of hydrogen-bond acceptors (Lipinski definition) is 7. The van der Waals surface area contributed by atoms with Crippen molar-refractivity contribution < 1.29 is 14.3 Å². The minimum Gasteiger partial charge on any atom is -0.497 e. The molecule has 2 amide bonds. The third kappa shape index (κ3) is 6.51. The first kappa shape index (κ1) is 22.2. The van der Waals surface area contributed by atoms with Crippen molar-refractivity contribution in [1.82, 2.24) is 4.98 Å². The van der Waals surface area contributed by atoms with Gasteiger partial charge < -0.3 is 15.4 Å². The molecule has 0 aliphatic heterocycles. The number of thiazole rings is 1. The van der Waals surface area contributed by atoms with Crippen molar-refractivity contribution in [1.29, 1.82) is 0 Å². The molecule has 0 saturated heterocycles. The Balaban J connectivity index is 1.48. The van der Waals surface area contributed by atoms with Gasteiger partial charge in [-0.25, -0.2) is 4.98 Å². The number of benzene rings is 2. The zero-order valence-electron chi connectivity index (χ0n) is 16.5. The Kier molecular flexibility index (Phi) is 8.18. The summed E-state index contributed by atoms with van der Waals surface area (Å²) in [5.74, 6) is 0.672. The van der Waals surface area contributed by atoms with E-state index in [1.165, 1.54) is 23.1 Å². The van der Waals surface area contributed by atoms with Gasteiger partial charge in [-0.3, -0.25) is 9.59 Å². The van der Waals surface area contributed by atoms with Gasteiger partial charge in [0.25, 0.3) is 0 Å². The number of ether oxygens (including phenoxy) is 1. The fourth-order valence-electron chi connectivity index (χ4n) is 2.57. The van der Waals surface area contributed by atoms with Gasteiger partial charge in [-0.05, 0) is 30.5 Å². The number of nitrogens with zero attached hydrogens (tertiary/aromatic N) is 1. The van der Waals surface area contributed by atoms with Crippen molar-refractivity contribution in [2.75, 3.05) is 29.8 Å². The average Bonchev–Trinajstić information content (AvgIpc) is 3.20. The van der Waals surface area contributed by atoms with E-state index >= 15 is 0 Å². The molecule has 0 radical (unpaired) electrons.